The highest BCUT2D eigenvalue weighted by Crippen LogP contribution is 2.18. The van der Waals surface area contributed by atoms with Gasteiger partial charge in [0.15, 0.2) is 0 Å². The molecule has 0 radical (unpaired) electrons. The van der Waals surface area contributed by atoms with Crippen LogP contribution in [0.15, 0.2) is 35.8 Å². The third kappa shape index (κ3) is 2.91. The first-order chi connectivity index (χ1) is 6.30. The van der Waals surface area contributed by atoms with Crippen molar-refractivity contribution < 1.29 is 0 Å². The largest absolute Gasteiger partial charge is 0.293 e. The standard InChI is InChI=1S/C11H14ClN/c1-3-10-7-11(4-2)9-13(8-10)6-5-12/h1-2,5-9H2. The topological polar surface area (TPSA) is 3.24 Å². The van der Waals surface area contributed by atoms with Gasteiger partial charge in [-0.05, 0) is 11.1 Å². The average Bonchev–Trinajstić information content (AvgIpc) is 2.17. The molecular formula is C11H14ClN. The molecule has 70 valence electrons. The van der Waals surface area contributed by atoms with E-state index >= 15 is 0 Å². The van der Waals surface area contributed by atoms with Gasteiger partial charge in [0.25, 0.3) is 0 Å². The lowest BCUT2D eigenvalue weighted by Crippen LogP contribution is -2.33. The Labute approximate surface area is 84.7 Å². The van der Waals surface area contributed by atoms with E-state index in [0.29, 0.717) is 5.88 Å². The Balaban J connectivity index is 2.71. The van der Waals surface area contributed by atoms with Crippen molar-refractivity contribution in [3.63, 3.8) is 0 Å². The predicted octanol–water partition coefficient (Wildman–Crippen LogP) is 2.35. The van der Waals surface area contributed by atoms with E-state index in [4.69, 9.17) is 11.6 Å². The van der Waals surface area contributed by atoms with Crippen LogP contribution in [0.25, 0.3) is 0 Å². The molecule has 13 heavy (non-hydrogen) atoms. The lowest BCUT2D eigenvalue weighted by Gasteiger charge is -2.27. The van der Waals surface area contributed by atoms with Crippen LogP contribution in [0.4, 0.5) is 0 Å². The highest BCUT2D eigenvalue weighted by atomic mass is 35.5. The molecular weight excluding hydrogens is 182 g/mol. The second kappa shape index (κ2) is 5.11. The van der Waals surface area contributed by atoms with E-state index in [1.807, 2.05) is 0 Å². The predicted molar refractivity (Wildman–Crippen MR) is 57.1 cm³/mol. The van der Waals surface area contributed by atoms with E-state index in [0.717, 1.165) is 26.1 Å². The first kappa shape index (κ1) is 10.4. The van der Waals surface area contributed by atoms with Gasteiger partial charge >= 0.3 is 0 Å². The van der Waals surface area contributed by atoms with E-state index in [-0.39, 0.29) is 0 Å². The number of hydrogen-bond acceptors (Lipinski definition) is 1. The fourth-order valence-electron chi connectivity index (χ4n) is 1.48. The molecule has 1 aliphatic rings. The van der Waals surface area contributed by atoms with Crippen LogP contribution in [0, 0.1) is 0 Å². The Hall–Kier alpha value is -0.710. The monoisotopic (exact) mass is 195 g/mol. The fourth-order valence-corrected chi connectivity index (χ4v) is 1.72. The number of rotatable bonds is 2. The van der Waals surface area contributed by atoms with Crippen LogP contribution in [-0.4, -0.2) is 30.4 Å². The highest BCUT2D eigenvalue weighted by Gasteiger charge is 2.16. The Kier molecular flexibility index (Phi) is 4.08. The van der Waals surface area contributed by atoms with Crippen LogP contribution in [0.2, 0.25) is 0 Å². The summed E-state index contributed by atoms with van der Waals surface area (Å²) in [6.45, 7) is 10.1. The summed E-state index contributed by atoms with van der Waals surface area (Å²) in [5.41, 5.74) is 8.32. The maximum atomic E-state index is 5.68. The Morgan fingerprint density at radius 2 is 1.77 bits per heavy atom. The summed E-state index contributed by atoms with van der Waals surface area (Å²) < 4.78 is 0. The fraction of sp³-hybridized carbons (Fsp3) is 0.455. The minimum atomic E-state index is 0.662. The van der Waals surface area contributed by atoms with Crippen molar-refractivity contribution in [3.8, 4) is 0 Å². The van der Waals surface area contributed by atoms with Crippen LogP contribution < -0.4 is 0 Å². The van der Waals surface area contributed by atoms with Gasteiger partial charge in [-0.2, -0.15) is 0 Å². The van der Waals surface area contributed by atoms with Gasteiger partial charge in [-0.15, -0.1) is 23.1 Å². The minimum Gasteiger partial charge on any atom is -0.293 e. The van der Waals surface area contributed by atoms with Crippen molar-refractivity contribution in [1.82, 2.24) is 4.90 Å². The second-order valence-corrected chi connectivity index (χ2v) is 3.52. The van der Waals surface area contributed by atoms with Gasteiger partial charge in [-0.1, -0.05) is 13.2 Å². The first-order valence-electron chi connectivity index (χ1n) is 4.34. The summed E-state index contributed by atoms with van der Waals surface area (Å²) in [4.78, 5) is 2.26. The second-order valence-electron chi connectivity index (χ2n) is 3.14. The van der Waals surface area contributed by atoms with Gasteiger partial charge in [-0.3, -0.25) is 4.90 Å². The maximum Gasteiger partial charge on any atom is 0.0351 e. The van der Waals surface area contributed by atoms with E-state index in [1.165, 1.54) is 11.1 Å². The quantitative estimate of drug-likeness (QED) is 0.483. The molecule has 0 aromatic heterocycles. The van der Waals surface area contributed by atoms with Crippen LogP contribution in [0.1, 0.15) is 6.42 Å². The molecule has 1 fully saturated rings. The van der Waals surface area contributed by atoms with E-state index in [2.05, 4.69) is 29.5 Å². The van der Waals surface area contributed by atoms with Crippen LogP contribution >= 0.6 is 11.6 Å². The lowest BCUT2D eigenvalue weighted by molar-refractivity contribution is 0.319. The molecule has 0 atom stereocenters. The zero-order chi connectivity index (χ0) is 9.68. The van der Waals surface area contributed by atoms with Crippen molar-refractivity contribution in [2.24, 2.45) is 0 Å². The summed E-state index contributed by atoms with van der Waals surface area (Å²) in [6, 6.07) is 0. The maximum absolute atomic E-state index is 5.68. The third-order valence-electron chi connectivity index (χ3n) is 2.16. The summed E-state index contributed by atoms with van der Waals surface area (Å²) in [5.74, 6) is 0.662. The third-order valence-corrected chi connectivity index (χ3v) is 2.33. The van der Waals surface area contributed by atoms with Crippen molar-refractivity contribution in [2.75, 3.05) is 25.5 Å². The van der Waals surface area contributed by atoms with Gasteiger partial charge in [0, 0.05) is 31.9 Å². The lowest BCUT2D eigenvalue weighted by atomic mass is 10.0. The molecule has 1 rings (SSSR count). The van der Waals surface area contributed by atoms with E-state index < -0.39 is 0 Å². The molecule has 0 N–H and O–H groups in total. The number of likely N-dealkylation sites (tertiary alicyclic amines) is 1. The number of hydrogen-bond donors (Lipinski definition) is 0. The van der Waals surface area contributed by atoms with Crippen LogP contribution in [-0.2, 0) is 0 Å². The molecule has 0 spiro atoms. The van der Waals surface area contributed by atoms with Crippen molar-refractivity contribution in [3.05, 3.63) is 35.8 Å². The van der Waals surface area contributed by atoms with Crippen molar-refractivity contribution in [1.29, 1.82) is 0 Å². The normalized spacial score (nSPS) is 18.2. The average molecular weight is 196 g/mol. The van der Waals surface area contributed by atoms with Crippen molar-refractivity contribution in [2.45, 2.75) is 6.42 Å². The molecule has 0 amide bonds. The summed E-state index contributed by atoms with van der Waals surface area (Å²) in [6.07, 6.45) is 0.922. The SMILES string of the molecule is C=C=C1CC(=C=C)CN(CCCl)C1. The van der Waals surface area contributed by atoms with Gasteiger partial charge in [0.1, 0.15) is 0 Å². The molecule has 0 aromatic rings. The molecule has 0 saturated carbocycles. The van der Waals surface area contributed by atoms with Gasteiger partial charge < -0.3 is 0 Å². The molecule has 1 heterocycles. The van der Waals surface area contributed by atoms with Gasteiger partial charge in [0.05, 0.1) is 0 Å². The summed E-state index contributed by atoms with van der Waals surface area (Å²) in [5, 5.41) is 0. The van der Waals surface area contributed by atoms with Crippen LogP contribution in [0.5, 0.6) is 0 Å². The molecule has 1 aliphatic heterocycles. The number of halogens is 1. The Morgan fingerprint density at radius 1 is 1.23 bits per heavy atom. The molecule has 0 unspecified atom stereocenters. The van der Waals surface area contributed by atoms with Crippen LogP contribution in [0.3, 0.4) is 0 Å². The molecule has 0 aliphatic carbocycles. The Morgan fingerprint density at radius 3 is 2.15 bits per heavy atom. The van der Waals surface area contributed by atoms with Crippen molar-refractivity contribution >= 4 is 11.6 Å². The zero-order valence-corrected chi connectivity index (χ0v) is 8.53. The molecule has 1 saturated heterocycles. The molecule has 2 heteroatoms. The van der Waals surface area contributed by atoms with Gasteiger partial charge in [-0.25, -0.2) is 0 Å². The molecule has 1 nitrogen and oxygen atoms in total. The summed E-state index contributed by atoms with van der Waals surface area (Å²) >= 11 is 5.68. The number of piperidine rings is 1. The molecule has 0 aromatic carbocycles. The minimum absolute atomic E-state index is 0.662. The number of nitrogens with zero attached hydrogens (tertiary/aromatic N) is 1. The van der Waals surface area contributed by atoms with E-state index in [9.17, 15) is 0 Å². The smallest absolute Gasteiger partial charge is 0.0351 e. The highest BCUT2D eigenvalue weighted by molar-refractivity contribution is 6.18. The molecule has 0 bridgehead atoms. The Bertz CT molecular complexity index is 254. The first-order valence-corrected chi connectivity index (χ1v) is 4.87. The van der Waals surface area contributed by atoms with E-state index in [1.54, 1.807) is 0 Å². The number of alkyl halides is 1. The van der Waals surface area contributed by atoms with Gasteiger partial charge in [0.2, 0.25) is 0 Å². The zero-order valence-electron chi connectivity index (χ0n) is 7.77. The summed E-state index contributed by atoms with van der Waals surface area (Å²) in [7, 11) is 0.